The third-order valence-electron chi connectivity index (χ3n) is 4.08. The molecule has 2 aromatic rings. The Morgan fingerprint density at radius 1 is 1.12 bits per heavy atom. The zero-order valence-electron chi connectivity index (χ0n) is 12.7. The Bertz CT molecular complexity index is 878. The second-order valence-electron chi connectivity index (χ2n) is 5.74. The van der Waals surface area contributed by atoms with Gasteiger partial charge in [0, 0.05) is 28.1 Å². The lowest BCUT2D eigenvalue weighted by Crippen LogP contribution is -2.13. The lowest BCUT2D eigenvalue weighted by Gasteiger charge is -2.14. The topological polar surface area (TPSA) is 83.5 Å². The maximum atomic E-state index is 12.4. The first-order chi connectivity index (χ1) is 11.4. The van der Waals surface area contributed by atoms with Crippen LogP contribution in [0.5, 0.6) is 5.75 Å². The van der Waals surface area contributed by atoms with Gasteiger partial charge in [0.15, 0.2) is 0 Å². The number of hydrogen-bond donors (Lipinski definition) is 2. The number of nitrogens with one attached hydrogen (secondary N) is 1. The summed E-state index contributed by atoms with van der Waals surface area (Å²) in [6, 6.07) is 10.7. The van der Waals surface area contributed by atoms with Crippen LogP contribution >= 0.6 is 15.9 Å². The van der Waals surface area contributed by atoms with Crippen LogP contribution in [0.3, 0.4) is 0 Å². The largest absolute Gasteiger partial charge is 0.508 e. The summed E-state index contributed by atoms with van der Waals surface area (Å²) in [5.74, 6) is -0.262. The van der Waals surface area contributed by atoms with Crippen molar-refractivity contribution in [2.45, 2.75) is 30.1 Å². The highest BCUT2D eigenvalue weighted by Gasteiger charge is 2.28. The molecule has 2 aromatic carbocycles. The molecule has 0 spiro atoms. The first-order valence-corrected chi connectivity index (χ1v) is 9.78. The molecule has 1 unspecified atom stereocenters. The van der Waals surface area contributed by atoms with Gasteiger partial charge in [0.2, 0.25) is 0 Å². The van der Waals surface area contributed by atoms with Crippen LogP contribution < -0.4 is 4.72 Å². The Balaban J connectivity index is 1.90. The highest BCUT2D eigenvalue weighted by atomic mass is 79.9. The minimum atomic E-state index is -3.73. The monoisotopic (exact) mass is 409 g/mol. The summed E-state index contributed by atoms with van der Waals surface area (Å²) in [6.45, 7) is 0. The Morgan fingerprint density at radius 2 is 1.83 bits per heavy atom. The van der Waals surface area contributed by atoms with Crippen LogP contribution in [0.1, 0.15) is 30.7 Å². The Hall–Kier alpha value is -1.86. The highest BCUT2D eigenvalue weighted by Crippen LogP contribution is 2.37. The van der Waals surface area contributed by atoms with Crippen molar-refractivity contribution in [3.8, 4) is 5.75 Å². The van der Waals surface area contributed by atoms with Gasteiger partial charge in [0.25, 0.3) is 10.0 Å². The number of hydrogen-bond acceptors (Lipinski definition) is 4. The van der Waals surface area contributed by atoms with Crippen LogP contribution in [-0.2, 0) is 14.8 Å². The first-order valence-electron chi connectivity index (χ1n) is 7.51. The van der Waals surface area contributed by atoms with E-state index in [0.717, 1.165) is 10.9 Å². The van der Waals surface area contributed by atoms with Gasteiger partial charge in [-0.15, -0.1) is 0 Å². The van der Waals surface area contributed by atoms with E-state index in [1.165, 1.54) is 24.3 Å². The lowest BCUT2D eigenvalue weighted by atomic mass is 9.95. The molecule has 5 nitrogen and oxygen atoms in total. The summed E-state index contributed by atoms with van der Waals surface area (Å²) in [6.07, 6.45) is 1.96. The van der Waals surface area contributed by atoms with Crippen LogP contribution in [0.15, 0.2) is 51.8 Å². The van der Waals surface area contributed by atoms with Gasteiger partial charge in [-0.25, -0.2) is 8.42 Å². The zero-order chi connectivity index (χ0) is 17.3. The summed E-state index contributed by atoms with van der Waals surface area (Å²) < 4.78 is 28.2. The molecule has 7 heteroatoms. The molecule has 24 heavy (non-hydrogen) atoms. The van der Waals surface area contributed by atoms with Crippen molar-refractivity contribution in [3.63, 3.8) is 0 Å². The molecule has 3 rings (SSSR count). The molecule has 0 amide bonds. The van der Waals surface area contributed by atoms with Crippen LogP contribution in [0, 0.1) is 0 Å². The fourth-order valence-corrected chi connectivity index (χ4v) is 4.18. The van der Waals surface area contributed by atoms with Crippen LogP contribution in [0.2, 0.25) is 0 Å². The summed E-state index contributed by atoms with van der Waals surface area (Å²) >= 11 is 3.26. The number of rotatable bonds is 4. The maximum absolute atomic E-state index is 12.4. The standard InChI is InChI=1S/C17H16BrNO4S/c18-11-4-7-13(8-5-11)24(22,23)19-12-6-9-17(21)15(10-12)14-2-1-3-16(14)20/h4-10,14,19,21H,1-3H2. The highest BCUT2D eigenvalue weighted by molar-refractivity contribution is 9.10. The average Bonchev–Trinajstić information content (AvgIpc) is 2.95. The van der Waals surface area contributed by atoms with E-state index in [4.69, 9.17) is 0 Å². The average molecular weight is 410 g/mol. The molecule has 126 valence electrons. The van der Waals surface area contributed by atoms with Gasteiger partial charge in [-0.2, -0.15) is 0 Å². The molecule has 0 bridgehead atoms. The van der Waals surface area contributed by atoms with Crippen molar-refractivity contribution >= 4 is 37.4 Å². The summed E-state index contributed by atoms with van der Waals surface area (Å²) in [7, 11) is -3.73. The Morgan fingerprint density at radius 3 is 2.46 bits per heavy atom. The van der Waals surface area contributed by atoms with Crippen molar-refractivity contribution in [1.82, 2.24) is 0 Å². The van der Waals surface area contributed by atoms with Gasteiger partial charge >= 0.3 is 0 Å². The van der Waals surface area contributed by atoms with Gasteiger partial charge in [0.1, 0.15) is 11.5 Å². The van der Waals surface area contributed by atoms with Gasteiger partial charge < -0.3 is 5.11 Å². The summed E-state index contributed by atoms with van der Waals surface area (Å²) in [5.41, 5.74) is 0.805. The molecule has 0 heterocycles. The maximum Gasteiger partial charge on any atom is 0.261 e. The number of phenolic OH excluding ortho intramolecular Hbond substituents is 1. The fourth-order valence-electron chi connectivity index (χ4n) is 2.87. The fraction of sp³-hybridized carbons (Fsp3) is 0.235. The van der Waals surface area contributed by atoms with E-state index in [0.29, 0.717) is 24.1 Å². The number of phenols is 1. The number of carbonyl (C=O) groups excluding carboxylic acids is 1. The number of aromatic hydroxyl groups is 1. The lowest BCUT2D eigenvalue weighted by molar-refractivity contribution is -0.118. The second-order valence-corrected chi connectivity index (χ2v) is 8.34. The Kier molecular flexibility index (Phi) is 4.64. The summed E-state index contributed by atoms with van der Waals surface area (Å²) in [5, 5.41) is 10.0. The quantitative estimate of drug-likeness (QED) is 0.752. The van der Waals surface area contributed by atoms with Gasteiger partial charge in [-0.05, 0) is 55.3 Å². The van der Waals surface area contributed by atoms with Crippen molar-refractivity contribution in [2.24, 2.45) is 0 Å². The molecule has 0 aromatic heterocycles. The molecule has 0 aliphatic heterocycles. The van der Waals surface area contributed by atoms with Gasteiger partial charge in [0.05, 0.1) is 4.90 Å². The van der Waals surface area contributed by atoms with Crippen LogP contribution in [-0.4, -0.2) is 19.3 Å². The summed E-state index contributed by atoms with van der Waals surface area (Å²) in [4.78, 5) is 12.1. The minimum Gasteiger partial charge on any atom is -0.508 e. The van der Waals surface area contributed by atoms with Crippen molar-refractivity contribution in [1.29, 1.82) is 0 Å². The van der Waals surface area contributed by atoms with E-state index < -0.39 is 10.0 Å². The number of carbonyl (C=O) groups is 1. The second kappa shape index (κ2) is 6.57. The van der Waals surface area contributed by atoms with Crippen molar-refractivity contribution < 1.29 is 18.3 Å². The smallest absolute Gasteiger partial charge is 0.261 e. The number of benzene rings is 2. The number of anilines is 1. The van der Waals surface area contributed by atoms with E-state index in [1.807, 2.05) is 0 Å². The Labute approximate surface area is 148 Å². The molecule has 0 radical (unpaired) electrons. The molecule has 1 fully saturated rings. The van der Waals surface area contributed by atoms with Gasteiger partial charge in [-0.1, -0.05) is 15.9 Å². The predicted molar refractivity (Wildman–Crippen MR) is 94.7 cm³/mol. The number of sulfonamides is 1. The minimum absolute atomic E-state index is 0.0156. The molecule has 1 aliphatic carbocycles. The van der Waals surface area contributed by atoms with Crippen molar-refractivity contribution in [2.75, 3.05) is 4.72 Å². The molecule has 2 N–H and O–H groups in total. The molecular formula is C17H16BrNO4S. The van der Waals surface area contributed by atoms with Crippen LogP contribution in [0.4, 0.5) is 5.69 Å². The number of ketones is 1. The van der Waals surface area contributed by atoms with E-state index in [2.05, 4.69) is 20.7 Å². The van der Waals surface area contributed by atoms with Crippen LogP contribution in [0.25, 0.3) is 0 Å². The molecule has 1 atom stereocenters. The first kappa shape index (κ1) is 17.0. The molecular weight excluding hydrogens is 394 g/mol. The third kappa shape index (κ3) is 3.47. The predicted octanol–water partition coefficient (Wildman–Crippen LogP) is 3.79. The number of halogens is 1. The molecule has 1 saturated carbocycles. The van der Waals surface area contributed by atoms with E-state index >= 15 is 0 Å². The zero-order valence-corrected chi connectivity index (χ0v) is 15.1. The van der Waals surface area contributed by atoms with Gasteiger partial charge in [-0.3, -0.25) is 9.52 Å². The van der Waals surface area contributed by atoms with Crippen molar-refractivity contribution in [3.05, 3.63) is 52.5 Å². The normalized spacial score (nSPS) is 17.9. The molecule has 1 aliphatic rings. The number of Topliss-reactive ketones (excluding diaryl/α,β-unsaturated/α-hetero) is 1. The van der Waals surface area contributed by atoms with E-state index in [1.54, 1.807) is 18.2 Å². The SMILES string of the molecule is O=C1CCCC1c1cc(NS(=O)(=O)c2ccc(Br)cc2)ccc1O. The molecule has 0 saturated heterocycles. The van der Waals surface area contributed by atoms with E-state index in [9.17, 15) is 18.3 Å². The van der Waals surface area contributed by atoms with E-state index in [-0.39, 0.29) is 22.3 Å². The third-order valence-corrected chi connectivity index (χ3v) is 6.01.